The molecule has 0 radical (unpaired) electrons. The zero-order valence-electron chi connectivity index (χ0n) is 12.7. The molecule has 2 aliphatic rings. The maximum Gasteiger partial charge on any atom is 0.0579 e. The van der Waals surface area contributed by atoms with E-state index in [1.807, 2.05) is 0 Å². The lowest BCUT2D eigenvalue weighted by Crippen LogP contribution is -2.44. The van der Waals surface area contributed by atoms with E-state index < -0.39 is 0 Å². The Morgan fingerprint density at radius 1 is 1.29 bits per heavy atom. The minimum atomic E-state index is -0.119. The summed E-state index contributed by atoms with van der Waals surface area (Å²) in [6.45, 7) is 4.02. The van der Waals surface area contributed by atoms with Crippen molar-refractivity contribution >= 4 is 17.3 Å². The van der Waals surface area contributed by atoms with Crippen LogP contribution in [0.1, 0.15) is 44.6 Å². The molecule has 0 spiro atoms. The topological polar surface area (TPSA) is 35.5 Å². The number of rotatable bonds is 5. The SMILES string of the molecule is CCCNCc1ccc(N2C3CCC2CC(O)C3)cc1Cl. The Labute approximate surface area is 132 Å². The van der Waals surface area contributed by atoms with Crippen molar-refractivity contribution in [3.8, 4) is 0 Å². The summed E-state index contributed by atoms with van der Waals surface area (Å²) in [5, 5.41) is 14.2. The van der Waals surface area contributed by atoms with Gasteiger partial charge >= 0.3 is 0 Å². The summed E-state index contributed by atoms with van der Waals surface area (Å²) in [6.07, 6.45) is 5.20. The summed E-state index contributed by atoms with van der Waals surface area (Å²) < 4.78 is 0. The first kappa shape index (κ1) is 15.1. The number of fused-ring (bicyclic) bond motifs is 2. The maximum absolute atomic E-state index is 9.91. The van der Waals surface area contributed by atoms with Crippen LogP contribution in [0.3, 0.4) is 0 Å². The Hall–Kier alpha value is -0.770. The molecular weight excluding hydrogens is 284 g/mol. The molecule has 3 nitrogen and oxygen atoms in total. The fourth-order valence-electron chi connectivity index (χ4n) is 3.81. The van der Waals surface area contributed by atoms with Gasteiger partial charge in [-0.2, -0.15) is 0 Å². The van der Waals surface area contributed by atoms with Gasteiger partial charge in [0.15, 0.2) is 0 Å². The second-order valence-electron chi connectivity index (χ2n) is 6.37. The highest BCUT2D eigenvalue weighted by atomic mass is 35.5. The molecule has 2 atom stereocenters. The van der Waals surface area contributed by atoms with Crippen LogP contribution >= 0.6 is 11.6 Å². The van der Waals surface area contributed by atoms with Crippen molar-refractivity contribution in [1.29, 1.82) is 0 Å². The highest BCUT2D eigenvalue weighted by molar-refractivity contribution is 6.31. The van der Waals surface area contributed by atoms with Crippen LogP contribution in [0.5, 0.6) is 0 Å². The molecule has 2 bridgehead atoms. The molecule has 2 fully saturated rings. The van der Waals surface area contributed by atoms with Crippen molar-refractivity contribution in [2.45, 2.75) is 63.8 Å². The average Bonchev–Trinajstić information content (AvgIpc) is 2.73. The van der Waals surface area contributed by atoms with Crippen molar-refractivity contribution in [3.63, 3.8) is 0 Å². The predicted molar refractivity (Wildman–Crippen MR) is 88.0 cm³/mol. The van der Waals surface area contributed by atoms with Gasteiger partial charge in [0.2, 0.25) is 0 Å². The number of benzene rings is 1. The lowest BCUT2D eigenvalue weighted by Gasteiger charge is -2.39. The minimum absolute atomic E-state index is 0.119. The van der Waals surface area contributed by atoms with Crippen LogP contribution in [0.15, 0.2) is 18.2 Å². The van der Waals surface area contributed by atoms with Gasteiger partial charge in [0, 0.05) is 29.3 Å². The van der Waals surface area contributed by atoms with Crippen LogP contribution in [0, 0.1) is 0 Å². The first-order valence-corrected chi connectivity index (χ1v) is 8.52. The number of aliphatic hydroxyl groups is 1. The Morgan fingerprint density at radius 2 is 2.00 bits per heavy atom. The summed E-state index contributed by atoms with van der Waals surface area (Å²) in [5.41, 5.74) is 2.39. The molecule has 2 aliphatic heterocycles. The number of halogens is 1. The standard InChI is InChI=1S/C17H25ClN2O/c1-2-7-19-11-12-3-4-15(10-17(12)18)20-13-5-6-14(20)9-16(21)8-13/h3-4,10,13-14,16,19,21H,2,5-9,11H2,1H3. The number of nitrogens with one attached hydrogen (secondary N) is 1. The van der Waals surface area contributed by atoms with Gasteiger partial charge in [-0.3, -0.25) is 0 Å². The summed E-state index contributed by atoms with van der Waals surface area (Å²) in [7, 11) is 0. The largest absolute Gasteiger partial charge is 0.393 e. The third-order valence-electron chi connectivity index (χ3n) is 4.79. The molecule has 2 saturated heterocycles. The van der Waals surface area contributed by atoms with E-state index in [2.05, 4.69) is 35.3 Å². The average molecular weight is 309 g/mol. The van der Waals surface area contributed by atoms with Gasteiger partial charge in [-0.25, -0.2) is 0 Å². The molecule has 1 aromatic rings. The van der Waals surface area contributed by atoms with E-state index in [1.54, 1.807) is 0 Å². The smallest absolute Gasteiger partial charge is 0.0579 e. The van der Waals surface area contributed by atoms with Gasteiger partial charge in [-0.15, -0.1) is 0 Å². The monoisotopic (exact) mass is 308 g/mol. The van der Waals surface area contributed by atoms with Gasteiger partial charge in [0.05, 0.1) is 6.10 Å². The van der Waals surface area contributed by atoms with Crippen LogP contribution in [0.2, 0.25) is 5.02 Å². The van der Waals surface area contributed by atoms with E-state index in [1.165, 1.54) is 24.1 Å². The molecule has 2 N–H and O–H groups in total. The van der Waals surface area contributed by atoms with Crippen LogP contribution in [0.4, 0.5) is 5.69 Å². The summed E-state index contributed by atoms with van der Waals surface area (Å²) in [4.78, 5) is 2.49. The zero-order chi connectivity index (χ0) is 14.8. The van der Waals surface area contributed by atoms with Gasteiger partial charge in [0.25, 0.3) is 0 Å². The lowest BCUT2D eigenvalue weighted by molar-refractivity contribution is 0.126. The Kier molecular flexibility index (Phi) is 4.72. The second-order valence-corrected chi connectivity index (χ2v) is 6.78. The highest BCUT2D eigenvalue weighted by Gasteiger charge is 2.40. The van der Waals surface area contributed by atoms with Crippen molar-refractivity contribution in [2.75, 3.05) is 11.4 Å². The molecule has 4 heteroatoms. The van der Waals surface area contributed by atoms with Gasteiger partial charge < -0.3 is 15.3 Å². The molecule has 2 heterocycles. The molecule has 2 unspecified atom stereocenters. The molecule has 0 aliphatic carbocycles. The summed E-state index contributed by atoms with van der Waals surface area (Å²) in [6, 6.07) is 7.41. The van der Waals surface area contributed by atoms with Crippen molar-refractivity contribution in [3.05, 3.63) is 28.8 Å². The van der Waals surface area contributed by atoms with Crippen molar-refractivity contribution in [1.82, 2.24) is 5.32 Å². The highest BCUT2D eigenvalue weighted by Crippen LogP contribution is 2.40. The number of hydrogen-bond acceptors (Lipinski definition) is 3. The normalized spacial score (nSPS) is 28.1. The Morgan fingerprint density at radius 3 is 2.62 bits per heavy atom. The van der Waals surface area contributed by atoms with Crippen LogP contribution in [0.25, 0.3) is 0 Å². The third-order valence-corrected chi connectivity index (χ3v) is 5.14. The fourth-order valence-corrected chi connectivity index (χ4v) is 4.05. The van der Waals surface area contributed by atoms with Crippen LogP contribution in [-0.2, 0) is 6.54 Å². The van der Waals surface area contributed by atoms with E-state index >= 15 is 0 Å². The molecular formula is C17H25ClN2O. The molecule has 116 valence electrons. The molecule has 0 saturated carbocycles. The molecule has 0 aromatic heterocycles. The summed E-state index contributed by atoms with van der Waals surface area (Å²) in [5.74, 6) is 0. The number of nitrogens with zero attached hydrogens (tertiary/aromatic N) is 1. The van der Waals surface area contributed by atoms with E-state index in [-0.39, 0.29) is 6.10 Å². The van der Waals surface area contributed by atoms with Gasteiger partial charge in [-0.1, -0.05) is 24.6 Å². The first-order valence-electron chi connectivity index (χ1n) is 8.14. The first-order chi connectivity index (χ1) is 10.2. The predicted octanol–water partition coefficient (Wildman–Crippen LogP) is 3.33. The molecule has 0 amide bonds. The summed E-state index contributed by atoms with van der Waals surface area (Å²) >= 11 is 6.46. The van der Waals surface area contributed by atoms with Gasteiger partial charge in [0.1, 0.15) is 0 Å². The lowest BCUT2D eigenvalue weighted by atomic mass is 9.99. The number of hydrogen-bond donors (Lipinski definition) is 2. The molecule has 21 heavy (non-hydrogen) atoms. The van der Waals surface area contributed by atoms with E-state index in [0.29, 0.717) is 12.1 Å². The molecule has 3 rings (SSSR count). The maximum atomic E-state index is 9.91. The van der Waals surface area contributed by atoms with Crippen LogP contribution < -0.4 is 10.2 Å². The number of aliphatic hydroxyl groups excluding tert-OH is 1. The Balaban J connectivity index is 1.73. The van der Waals surface area contributed by atoms with E-state index in [0.717, 1.165) is 37.4 Å². The zero-order valence-corrected chi connectivity index (χ0v) is 13.4. The van der Waals surface area contributed by atoms with Crippen LogP contribution in [-0.4, -0.2) is 29.8 Å². The second kappa shape index (κ2) is 6.55. The number of anilines is 1. The quantitative estimate of drug-likeness (QED) is 0.819. The van der Waals surface area contributed by atoms with Crippen molar-refractivity contribution in [2.24, 2.45) is 0 Å². The molecule has 1 aromatic carbocycles. The van der Waals surface area contributed by atoms with E-state index in [4.69, 9.17) is 11.6 Å². The van der Waals surface area contributed by atoms with Gasteiger partial charge in [-0.05, 0) is 56.3 Å². The fraction of sp³-hybridized carbons (Fsp3) is 0.647. The van der Waals surface area contributed by atoms with E-state index in [9.17, 15) is 5.11 Å². The minimum Gasteiger partial charge on any atom is -0.393 e. The Bertz CT molecular complexity index is 480. The number of piperidine rings is 1. The third kappa shape index (κ3) is 3.20. The van der Waals surface area contributed by atoms with Crippen molar-refractivity contribution < 1.29 is 5.11 Å².